The summed E-state index contributed by atoms with van der Waals surface area (Å²) in [5.74, 6) is -0.726. The lowest BCUT2D eigenvalue weighted by atomic mass is 10.3. The van der Waals surface area contributed by atoms with Crippen molar-refractivity contribution in [2.24, 2.45) is 0 Å². The Morgan fingerprint density at radius 2 is 2.39 bits per heavy atom. The van der Waals surface area contributed by atoms with Gasteiger partial charge in [0.1, 0.15) is 5.69 Å². The minimum atomic E-state index is -1.16. The van der Waals surface area contributed by atoms with Gasteiger partial charge in [-0.2, -0.15) is 4.98 Å². The fourth-order valence-corrected chi connectivity index (χ4v) is 1.92. The van der Waals surface area contributed by atoms with E-state index < -0.39 is 5.97 Å². The molecule has 3 aromatic rings. The van der Waals surface area contributed by atoms with Crippen molar-refractivity contribution in [1.29, 1.82) is 0 Å². The molecule has 90 valence electrons. The second-order valence-electron chi connectivity index (χ2n) is 3.22. The number of carbonyl (C=O) groups is 1. The van der Waals surface area contributed by atoms with E-state index >= 15 is 0 Å². The Bertz CT molecular complexity index is 687. The van der Waals surface area contributed by atoms with E-state index in [4.69, 9.17) is 9.63 Å². The lowest BCUT2D eigenvalue weighted by Gasteiger charge is -1.90. The Balaban J connectivity index is 2.03. The fraction of sp³-hybridized carbons (Fsp3) is 0. The smallest absolute Gasteiger partial charge is 0.356 e. The number of H-pyrrole nitrogens is 1. The van der Waals surface area contributed by atoms with Crippen LogP contribution in [0.2, 0.25) is 0 Å². The molecule has 2 N–H and O–H groups in total. The number of imidazole rings is 1. The second kappa shape index (κ2) is 4.04. The number of rotatable bonds is 3. The maximum absolute atomic E-state index is 10.9. The zero-order chi connectivity index (χ0) is 12.5. The summed E-state index contributed by atoms with van der Waals surface area (Å²) in [5.41, 5.74) is 1.67. The van der Waals surface area contributed by atoms with Crippen LogP contribution in [-0.4, -0.2) is 36.2 Å². The van der Waals surface area contributed by atoms with Gasteiger partial charge in [-0.25, -0.2) is 9.78 Å². The maximum Gasteiger partial charge on any atom is 0.356 e. The normalized spacial score (nSPS) is 10.7. The number of carboxylic acid groups (broad SMARTS) is 1. The Morgan fingerprint density at radius 3 is 3.11 bits per heavy atom. The molecule has 0 atom stereocenters. The number of carboxylic acids is 1. The highest BCUT2D eigenvalue weighted by atomic mass is 32.1. The van der Waals surface area contributed by atoms with Crippen LogP contribution in [0.3, 0.4) is 0 Å². The van der Waals surface area contributed by atoms with Crippen LogP contribution in [0.1, 0.15) is 10.5 Å². The Kier molecular flexibility index (Phi) is 2.38. The predicted molar refractivity (Wildman–Crippen MR) is 59.9 cm³/mol. The number of nitrogens with one attached hydrogen (secondary N) is 1. The van der Waals surface area contributed by atoms with E-state index in [0.717, 1.165) is 4.88 Å². The van der Waals surface area contributed by atoms with E-state index in [0.29, 0.717) is 5.82 Å². The molecule has 3 rings (SSSR count). The molecular formula is C9H5N5O3S. The Hall–Kier alpha value is -2.55. The van der Waals surface area contributed by atoms with Crippen molar-refractivity contribution in [3.63, 3.8) is 0 Å². The fourth-order valence-electron chi connectivity index (χ4n) is 1.37. The third-order valence-electron chi connectivity index (χ3n) is 2.13. The zero-order valence-corrected chi connectivity index (χ0v) is 9.51. The van der Waals surface area contributed by atoms with Crippen LogP contribution in [0.4, 0.5) is 0 Å². The topological polar surface area (TPSA) is 118 Å². The number of aromatic carboxylic acids is 1. The largest absolute Gasteiger partial charge is 0.476 e. The quantitative estimate of drug-likeness (QED) is 0.730. The standard InChI is InChI=1S/C9H5N5O3S/c15-9(16)6-5(11-2-12-6)8-13-7(14-17-8)4-1-10-3-18-4/h1-3H,(H,11,12)(H,15,16). The first-order valence-corrected chi connectivity index (χ1v) is 5.63. The van der Waals surface area contributed by atoms with Crippen LogP contribution in [0.5, 0.6) is 0 Å². The molecule has 0 aliphatic carbocycles. The van der Waals surface area contributed by atoms with Crippen molar-refractivity contribution in [3.05, 3.63) is 23.7 Å². The third kappa shape index (κ3) is 1.66. The Labute approximate surface area is 103 Å². The average Bonchev–Trinajstić information content (AvgIpc) is 3.10. The van der Waals surface area contributed by atoms with Crippen LogP contribution in [0.15, 0.2) is 22.6 Å². The van der Waals surface area contributed by atoms with Crippen molar-refractivity contribution in [2.75, 3.05) is 0 Å². The van der Waals surface area contributed by atoms with E-state index in [1.807, 2.05) is 0 Å². The zero-order valence-electron chi connectivity index (χ0n) is 8.69. The molecule has 0 aliphatic heterocycles. The highest BCUT2D eigenvalue weighted by Crippen LogP contribution is 2.24. The van der Waals surface area contributed by atoms with Crippen LogP contribution in [0.25, 0.3) is 22.3 Å². The molecule has 18 heavy (non-hydrogen) atoms. The molecule has 3 heterocycles. The molecule has 0 unspecified atom stereocenters. The summed E-state index contributed by atoms with van der Waals surface area (Å²) in [7, 11) is 0. The Morgan fingerprint density at radius 1 is 1.50 bits per heavy atom. The number of hydrogen-bond donors (Lipinski definition) is 2. The van der Waals surface area contributed by atoms with Gasteiger partial charge in [0.2, 0.25) is 5.82 Å². The monoisotopic (exact) mass is 263 g/mol. The number of aromatic amines is 1. The van der Waals surface area contributed by atoms with Gasteiger partial charge < -0.3 is 14.6 Å². The van der Waals surface area contributed by atoms with Crippen LogP contribution in [0, 0.1) is 0 Å². The second-order valence-corrected chi connectivity index (χ2v) is 4.11. The summed E-state index contributed by atoms with van der Waals surface area (Å²) in [6.07, 6.45) is 2.86. The minimum Gasteiger partial charge on any atom is -0.476 e. The van der Waals surface area contributed by atoms with Gasteiger partial charge in [-0.05, 0) is 0 Å². The van der Waals surface area contributed by atoms with Gasteiger partial charge in [0, 0.05) is 6.20 Å². The molecule has 0 radical (unpaired) electrons. The minimum absolute atomic E-state index is 0.0771. The first kappa shape index (κ1) is 10.6. The molecule has 0 saturated carbocycles. The summed E-state index contributed by atoms with van der Waals surface area (Å²) >= 11 is 1.36. The van der Waals surface area contributed by atoms with Gasteiger partial charge in [-0.1, -0.05) is 5.16 Å². The van der Waals surface area contributed by atoms with Gasteiger partial charge in [-0.3, -0.25) is 4.98 Å². The van der Waals surface area contributed by atoms with Gasteiger partial charge in [0.25, 0.3) is 5.89 Å². The van der Waals surface area contributed by atoms with Gasteiger partial charge in [-0.15, -0.1) is 11.3 Å². The van der Waals surface area contributed by atoms with Crippen LogP contribution in [-0.2, 0) is 0 Å². The van der Waals surface area contributed by atoms with E-state index in [1.165, 1.54) is 17.7 Å². The molecule has 0 fully saturated rings. The lowest BCUT2D eigenvalue weighted by Crippen LogP contribution is -1.99. The number of aromatic nitrogens is 5. The molecule has 3 aromatic heterocycles. The number of nitrogens with zero attached hydrogens (tertiary/aromatic N) is 4. The maximum atomic E-state index is 10.9. The highest BCUT2D eigenvalue weighted by molar-refractivity contribution is 7.13. The summed E-state index contributed by atoms with van der Waals surface area (Å²) < 4.78 is 5.01. The number of thiazole rings is 1. The van der Waals surface area contributed by atoms with Crippen molar-refractivity contribution in [3.8, 4) is 22.3 Å². The highest BCUT2D eigenvalue weighted by Gasteiger charge is 2.20. The summed E-state index contributed by atoms with van der Waals surface area (Å²) in [6.45, 7) is 0. The SMILES string of the molecule is O=C(O)c1nc[nH]c1-c1nc(-c2cncs2)no1. The molecule has 9 heteroatoms. The van der Waals surface area contributed by atoms with Crippen molar-refractivity contribution < 1.29 is 14.4 Å². The van der Waals surface area contributed by atoms with Gasteiger partial charge in [0.05, 0.1) is 16.7 Å². The summed E-state index contributed by atoms with van der Waals surface area (Å²) in [6, 6.07) is 0. The van der Waals surface area contributed by atoms with E-state index in [1.54, 1.807) is 11.7 Å². The van der Waals surface area contributed by atoms with E-state index in [-0.39, 0.29) is 17.3 Å². The molecule has 0 aliphatic rings. The van der Waals surface area contributed by atoms with E-state index in [2.05, 4.69) is 25.1 Å². The third-order valence-corrected chi connectivity index (χ3v) is 2.90. The van der Waals surface area contributed by atoms with Crippen molar-refractivity contribution in [1.82, 2.24) is 25.1 Å². The first-order valence-electron chi connectivity index (χ1n) is 4.75. The molecule has 0 amide bonds. The molecule has 0 saturated heterocycles. The van der Waals surface area contributed by atoms with Gasteiger partial charge in [0.15, 0.2) is 5.69 Å². The predicted octanol–water partition coefficient (Wildman–Crippen LogP) is 1.28. The van der Waals surface area contributed by atoms with Crippen LogP contribution >= 0.6 is 11.3 Å². The van der Waals surface area contributed by atoms with Crippen molar-refractivity contribution in [2.45, 2.75) is 0 Å². The average molecular weight is 263 g/mol. The lowest BCUT2D eigenvalue weighted by molar-refractivity contribution is 0.0691. The van der Waals surface area contributed by atoms with Crippen LogP contribution < -0.4 is 0 Å². The molecule has 0 aromatic carbocycles. The summed E-state index contributed by atoms with van der Waals surface area (Å²) in [5, 5.41) is 12.7. The molecule has 0 spiro atoms. The molecular weight excluding hydrogens is 258 g/mol. The summed E-state index contributed by atoms with van der Waals surface area (Å²) in [4.78, 5) is 26.0. The number of hydrogen-bond acceptors (Lipinski definition) is 7. The van der Waals surface area contributed by atoms with Crippen molar-refractivity contribution >= 4 is 17.3 Å². The van der Waals surface area contributed by atoms with Gasteiger partial charge >= 0.3 is 5.97 Å². The van der Waals surface area contributed by atoms with E-state index in [9.17, 15) is 4.79 Å². The molecule has 8 nitrogen and oxygen atoms in total. The first-order chi connectivity index (χ1) is 8.75. The molecule has 0 bridgehead atoms.